The summed E-state index contributed by atoms with van der Waals surface area (Å²) in [4.78, 5) is 24.7. The molecule has 0 fully saturated rings. The molecule has 1 rings (SSSR count). The smallest absolute Gasteiger partial charge is 0.226 e. The fourth-order valence-corrected chi connectivity index (χ4v) is 1.90. The number of ether oxygens (including phenoxy) is 1. The third-order valence-electron chi connectivity index (χ3n) is 3.14. The lowest BCUT2D eigenvalue weighted by Crippen LogP contribution is -2.33. The number of methoxy groups -OCH3 is 1. The second kappa shape index (κ2) is 9.14. The summed E-state index contributed by atoms with van der Waals surface area (Å²) < 4.78 is 44.2. The molecule has 2 amide bonds. The van der Waals surface area contributed by atoms with E-state index in [4.69, 9.17) is 4.74 Å². The van der Waals surface area contributed by atoms with Gasteiger partial charge in [0.15, 0.2) is 17.5 Å². The summed E-state index contributed by atoms with van der Waals surface area (Å²) in [5.41, 5.74) is -0.442. The first-order valence-corrected chi connectivity index (χ1v) is 7.04. The molecule has 23 heavy (non-hydrogen) atoms. The molecule has 5 nitrogen and oxygen atoms in total. The van der Waals surface area contributed by atoms with E-state index < -0.39 is 29.0 Å². The van der Waals surface area contributed by atoms with Gasteiger partial charge in [0.25, 0.3) is 0 Å². The zero-order chi connectivity index (χ0) is 17.4. The Kier molecular flexibility index (Phi) is 7.53. The number of benzene rings is 1. The molecule has 1 aromatic carbocycles. The fourth-order valence-electron chi connectivity index (χ4n) is 1.90. The first kappa shape index (κ1) is 19.0. The molecule has 1 N–H and O–H groups in total. The topological polar surface area (TPSA) is 58.6 Å². The van der Waals surface area contributed by atoms with Crippen molar-refractivity contribution in [3.05, 3.63) is 29.6 Å². The number of nitrogens with one attached hydrogen (secondary N) is 1. The van der Waals surface area contributed by atoms with Crippen LogP contribution in [0, 0.1) is 17.5 Å². The van der Waals surface area contributed by atoms with Crippen LogP contribution in [-0.2, 0) is 14.3 Å². The first-order chi connectivity index (χ1) is 10.9. The van der Waals surface area contributed by atoms with Gasteiger partial charge in [-0.05, 0) is 18.6 Å². The lowest BCUT2D eigenvalue weighted by molar-refractivity contribution is -0.129. The van der Waals surface area contributed by atoms with Crippen LogP contribution in [0.4, 0.5) is 18.9 Å². The standard InChI is InChI=1S/C15H19F3N2O3/c1-10(21)20(7-3-9-23-2)8-6-13(22)19-12-5-4-11(16)14(17)15(12)18/h4-5H,3,6-9H2,1-2H3,(H,19,22). The Bertz CT molecular complexity index is 567. The molecular weight excluding hydrogens is 313 g/mol. The minimum absolute atomic E-state index is 0.0923. The Balaban J connectivity index is 2.55. The van der Waals surface area contributed by atoms with Crippen LogP contribution in [0.1, 0.15) is 19.8 Å². The van der Waals surface area contributed by atoms with Crippen LogP contribution in [0.2, 0.25) is 0 Å². The number of halogens is 3. The summed E-state index contributed by atoms with van der Waals surface area (Å²) in [6.07, 6.45) is 0.528. The predicted octanol–water partition coefficient (Wildman–Crippen LogP) is 2.32. The van der Waals surface area contributed by atoms with Crippen LogP contribution >= 0.6 is 0 Å². The van der Waals surface area contributed by atoms with Gasteiger partial charge < -0.3 is 15.0 Å². The average Bonchev–Trinajstić information content (AvgIpc) is 2.51. The molecule has 8 heteroatoms. The van der Waals surface area contributed by atoms with E-state index in [1.807, 2.05) is 0 Å². The number of carbonyl (C=O) groups is 2. The van der Waals surface area contributed by atoms with Gasteiger partial charge in [-0.25, -0.2) is 13.2 Å². The molecule has 0 aliphatic carbocycles. The van der Waals surface area contributed by atoms with Crippen molar-refractivity contribution in [2.24, 2.45) is 0 Å². The summed E-state index contributed by atoms with van der Waals surface area (Å²) in [6.45, 7) is 2.42. The van der Waals surface area contributed by atoms with Crippen molar-refractivity contribution >= 4 is 17.5 Å². The summed E-state index contributed by atoms with van der Waals surface area (Å²) in [5.74, 6) is -5.24. The van der Waals surface area contributed by atoms with Crippen molar-refractivity contribution in [1.29, 1.82) is 0 Å². The Morgan fingerprint density at radius 1 is 1.17 bits per heavy atom. The van der Waals surface area contributed by atoms with E-state index in [0.29, 0.717) is 19.6 Å². The SMILES string of the molecule is COCCCN(CCC(=O)Nc1ccc(F)c(F)c1F)C(C)=O. The Hall–Kier alpha value is -2.09. The fraction of sp³-hybridized carbons (Fsp3) is 0.467. The zero-order valence-corrected chi connectivity index (χ0v) is 13.0. The summed E-state index contributed by atoms with van der Waals surface area (Å²) in [6, 6.07) is 1.66. The third-order valence-corrected chi connectivity index (χ3v) is 3.14. The second-order valence-electron chi connectivity index (χ2n) is 4.87. The van der Waals surface area contributed by atoms with E-state index in [1.54, 1.807) is 7.11 Å². The molecule has 0 bridgehead atoms. The maximum atomic E-state index is 13.4. The van der Waals surface area contributed by atoms with Gasteiger partial charge in [-0.15, -0.1) is 0 Å². The van der Waals surface area contributed by atoms with E-state index in [0.717, 1.165) is 12.1 Å². The zero-order valence-electron chi connectivity index (χ0n) is 13.0. The molecule has 0 aromatic heterocycles. The number of hydrogen-bond donors (Lipinski definition) is 1. The first-order valence-electron chi connectivity index (χ1n) is 7.04. The van der Waals surface area contributed by atoms with Gasteiger partial charge in [0.2, 0.25) is 11.8 Å². The average molecular weight is 332 g/mol. The Morgan fingerprint density at radius 2 is 1.87 bits per heavy atom. The lowest BCUT2D eigenvalue weighted by Gasteiger charge is -2.20. The number of anilines is 1. The van der Waals surface area contributed by atoms with Crippen LogP contribution in [0.3, 0.4) is 0 Å². The van der Waals surface area contributed by atoms with E-state index in [2.05, 4.69) is 5.32 Å². The van der Waals surface area contributed by atoms with Crippen molar-refractivity contribution < 1.29 is 27.5 Å². The van der Waals surface area contributed by atoms with Crippen LogP contribution in [-0.4, -0.2) is 43.5 Å². The van der Waals surface area contributed by atoms with Crippen LogP contribution < -0.4 is 5.32 Å². The number of rotatable bonds is 8. The van der Waals surface area contributed by atoms with Crippen LogP contribution in [0.5, 0.6) is 0 Å². The monoisotopic (exact) mass is 332 g/mol. The molecule has 1 aromatic rings. The summed E-state index contributed by atoms with van der Waals surface area (Å²) in [7, 11) is 1.54. The summed E-state index contributed by atoms with van der Waals surface area (Å²) in [5, 5.41) is 2.16. The van der Waals surface area contributed by atoms with E-state index in [9.17, 15) is 22.8 Å². The highest BCUT2D eigenvalue weighted by molar-refractivity contribution is 5.91. The van der Waals surface area contributed by atoms with Gasteiger partial charge in [0.05, 0.1) is 5.69 Å². The van der Waals surface area contributed by atoms with E-state index in [1.165, 1.54) is 11.8 Å². The molecule has 128 valence electrons. The van der Waals surface area contributed by atoms with Crippen molar-refractivity contribution in [2.75, 3.05) is 32.1 Å². The number of hydrogen-bond acceptors (Lipinski definition) is 3. The maximum Gasteiger partial charge on any atom is 0.226 e. The van der Waals surface area contributed by atoms with Gasteiger partial charge in [0, 0.05) is 40.2 Å². The van der Waals surface area contributed by atoms with Crippen molar-refractivity contribution in [1.82, 2.24) is 4.90 Å². The molecule has 0 saturated carbocycles. The van der Waals surface area contributed by atoms with Crippen molar-refractivity contribution in [3.63, 3.8) is 0 Å². The molecule has 0 heterocycles. The molecule has 0 unspecified atom stereocenters. The van der Waals surface area contributed by atoms with Crippen LogP contribution in [0.25, 0.3) is 0 Å². The second-order valence-corrected chi connectivity index (χ2v) is 4.87. The molecular formula is C15H19F3N2O3. The third kappa shape index (κ3) is 5.90. The highest BCUT2D eigenvalue weighted by Crippen LogP contribution is 2.19. The van der Waals surface area contributed by atoms with E-state index in [-0.39, 0.29) is 18.9 Å². The van der Waals surface area contributed by atoms with Gasteiger partial charge in [-0.2, -0.15) is 0 Å². The number of carbonyl (C=O) groups excluding carboxylic acids is 2. The molecule has 0 atom stereocenters. The lowest BCUT2D eigenvalue weighted by atomic mass is 10.2. The highest BCUT2D eigenvalue weighted by atomic mass is 19.2. The Labute approximate surface area is 132 Å². The normalized spacial score (nSPS) is 10.5. The number of nitrogens with zero attached hydrogens (tertiary/aromatic N) is 1. The maximum absolute atomic E-state index is 13.4. The van der Waals surface area contributed by atoms with Gasteiger partial charge in [0.1, 0.15) is 0 Å². The quantitative estimate of drug-likeness (QED) is 0.587. The van der Waals surface area contributed by atoms with Gasteiger partial charge >= 0.3 is 0 Å². The van der Waals surface area contributed by atoms with E-state index >= 15 is 0 Å². The van der Waals surface area contributed by atoms with Gasteiger partial charge in [-0.3, -0.25) is 9.59 Å². The number of amides is 2. The van der Waals surface area contributed by atoms with Gasteiger partial charge in [-0.1, -0.05) is 0 Å². The largest absolute Gasteiger partial charge is 0.385 e. The van der Waals surface area contributed by atoms with Crippen molar-refractivity contribution in [3.8, 4) is 0 Å². The molecule has 0 aliphatic rings. The predicted molar refractivity (Wildman–Crippen MR) is 78.3 cm³/mol. The molecule has 0 radical (unpaired) electrons. The van der Waals surface area contributed by atoms with Crippen molar-refractivity contribution in [2.45, 2.75) is 19.8 Å². The minimum atomic E-state index is -1.65. The Morgan fingerprint density at radius 3 is 2.48 bits per heavy atom. The van der Waals surface area contributed by atoms with Crippen LogP contribution in [0.15, 0.2) is 12.1 Å². The molecule has 0 saturated heterocycles. The molecule has 0 aliphatic heterocycles. The highest BCUT2D eigenvalue weighted by Gasteiger charge is 2.16. The molecule has 0 spiro atoms. The summed E-state index contributed by atoms with van der Waals surface area (Å²) >= 11 is 0. The minimum Gasteiger partial charge on any atom is -0.385 e.